The smallest absolute Gasteiger partial charge is 0.0132 e. The lowest BCUT2D eigenvalue weighted by Gasteiger charge is -2.18. The predicted octanol–water partition coefficient (Wildman–Crippen LogP) is 3.46. The summed E-state index contributed by atoms with van der Waals surface area (Å²) in [5.74, 6) is 1.20. The SMILES string of the molecule is CSCC(C)NC(C)CCC=C(C)C. The van der Waals surface area contributed by atoms with Crippen molar-refractivity contribution < 1.29 is 0 Å². The highest BCUT2D eigenvalue weighted by Crippen LogP contribution is 2.03. The lowest BCUT2D eigenvalue weighted by Crippen LogP contribution is -2.35. The van der Waals surface area contributed by atoms with Crippen molar-refractivity contribution in [3.8, 4) is 0 Å². The van der Waals surface area contributed by atoms with E-state index in [1.807, 2.05) is 11.8 Å². The van der Waals surface area contributed by atoms with Crippen LogP contribution in [-0.2, 0) is 0 Å². The van der Waals surface area contributed by atoms with Crippen LogP contribution in [0.3, 0.4) is 0 Å². The highest BCUT2D eigenvalue weighted by Gasteiger charge is 2.05. The van der Waals surface area contributed by atoms with Crippen molar-refractivity contribution in [3.63, 3.8) is 0 Å². The first-order valence-electron chi connectivity index (χ1n) is 5.44. The van der Waals surface area contributed by atoms with Gasteiger partial charge in [-0.25, -0.2) is 0 Å². The number of hydrogen-bond acceptors (Lipinski definition) is 2. The molecule has 1 nitrogen and oxygen atoms in total. The molecule has 0 aromatic carbocycles. The van der Waals surface area contributed by atoms with Crippen LogP contribution in [-0.4, -0.2) is 24.1 Å². The molecule has 0 amide bonds. The predicted molar refractivity (Wildman–Crippen MR) is 69.1 cm³/mol. The Balaban J connectivity index is 3.54. The Morgan fingerprint density at radius 2 is 1.93 bits per heavy atom. The summed E-state index contributed by atoms with van der Waals surface area (Å²) in [5, 5.41) is 3.60. The highest BCUT2D eigenvalue weighted by atomic mass is 32.2. The van der Waals surface area contributed by atoms with E-state index in [9.17, 15) is 0 Å². The highest BCUT2D eigenvalue weighted by molar-refractivity contribution is 7.98. The fraction of sp³-hybridized carbons (Fsp3) is 0.833. The molecule has 2 atom stereocenters. The van der Waals surface area contributed by atoms with E-state index in [2.05, 4.69) is 45.3 Å². The molecule has 0 radical (unpaired) electrons. The normalized spacial score (nSPS) is 14.9. The van der Waals surface area contributed by atoms with Crippen LogP contribution in [0.25, 0.3) is 0 Å². The van der Waals surface area contributed by atoms with E-state index in [1.165, 1.54) is 24.2 Å². The van der Waals surface area contributed by atoms with Gasteiger partial charge in [0.25, 0.3) is 0 Å². The molecular weight excluding hydrogens is 190 g/mol. The zero-order valence-corrected chi connectivity index (χ0v) is 11.1. The molecule has 2 heteroatoms. The molecule has 0 aromatic heterocycles. The van der Waals surface area contributed by atoms with Crippen LogP contribution in [0.15, 0.2) is 11.6 Å². The summed E-state index contributed by atoms with van der Waals surface area (Å²) in [6.07, 6.45) is 6.91. The van der Waals surface area contributed by atoms with E-state index in [0.717, 1.165) is 0 Å². The van der Waals surface area contributed by atoms with Gasteiger partial charge in [-0.1, -0.05) is 11.6 Å². The van der Waals surface area contributed by atoms with E-state index < -0.39 is 0 Å². The van der Waals surface area contributed by atoms with Crippen LogP contribution in [0.2, 0.25) is 0 Å². The van der Waals surface area contributed by atoms with Crippen LogP contribution in [0, 0.1) is 0 Å². The van der Waals surface area contributed by atoms with Gasteiger partial charge < -0.3 is 5.32 Å². The van der Waals surface area contributed by atoms with Gasteiger partial charge in [0.15, 0.2) is 0 Å². The summed E-state index contributed by atoms with van der Waals surface area (Å²) < 4.78 is 0. The van der Waals surface area contributed by atoms with Gasteiger partial charge in [-0.05, 0) is 46.8 Å². The van der Waals surface area contributed by atoms with Crippen LogP contribution >= 0.6 is 11.8 Å². The first kappa shape index (κ1) is 14.1. The molecule has 1 N–H and O–H groups in total. The van der Waals surface area contributed by atoms with Gasteiger partial charge in [0.1, 0.15) is 0 Å². The molecule has 84 valence electrons. The van der Waals surface area contributed by atoms with E-state index >= 15 is 0 Å². The molecule has 0 saturated heterocycles. The van der Waals surface area contributed by atoms with Crippen LogP contribution in [0.1, 0.15) is 40.5 Å². The van der Waals surface area contributed by atoms with Crippen molar-refractivity contribution in [1.29, 1.82) is 0 Å². The molecule has 0 aliphatic rings. The van der Waals surface area contributed by atoms with E-state index in [-0.39, 0.29) is 0 Å². The Morgan fingerprint density at radius 1 is 1.29 bits per heavy atom. The third-order valence-corrected chi connectivity index (χ3v) is 2.97. The minimum Gasteiger partial charge on any atom is -0.311 e. The van der Waals surface area contributed by atoms with E-state index in [4.69, 9.17) is 0 Å². The molecule has 2 unspecified atom stereocenters. The van der Waals surface area contributed by atoms with Crippen molar-refractivity contribution in [2.75, 3.05) is 12.0 Å². The van der Waals surface area contributed by atoms with Gasteiger partial charge in [-0.2, -0.15) is 11.8 Å². The summed E-state index contributed by atoms with van der Waals surface area (Å²) >= 11 is 1.91. The van der Waals surface area contributed by atoms with Crippen LogP contribution < -0.4 is 5.32 Å². The first-order chi connectivity index (χ1) is 6.56. The number of thioether (sulfide) groups is 1. The molecular formula is C12H25NS. The van der Waals surface area contributed by atoms with Gasteiger partial charge in [-0.3, -0.25) is 0 Å². The molecule has 0 heterocycles. The standard InChI is InChI=1S/C12H25NS/c1-10(2)7-6-8-11(3)13-12(4)9-14-5/h7,11-13H,6,8-9H2,1-5H3. The minimum atomic E-state index is 0.631. The second-order valence-corrected chi connectivity index (χ2v) is 5.19. The molecule has 0 aliphatic carbocycles. The lowest BCUT2D eigenvalue weighted by molar-refractivity contribution is 0.472. The lowest BCUT2D eigenvalue weighted by atomic mass is 10.1. The van der Waals surface area contributed by atoms with Crippen molar-refractivity contribution in [2.45, 2.75) is 52.6 Å². The van der Waals surface area contributed by atoms with E-state index in [0.29, 0.717) is 12.1 Å². The number of hydrogen-bond donors (Lipinski definition) is 1. The minimum absolute atomic E-state index is 0.631. The van der Waals surface area contributed by atoms with Gasteiger partial charge >= 0.3 is 0 Å². The Bertz CT molecular complexity index is 162. The fourth-order valence-corrected chi connectivity index (χ4v) is 2.09. The summed E-state index contributed by atoms with van der Waals surface area (Å²) in [7, 11) is 0. The first-order valence-corrected chi connectivity index (χ1v) is 6.84. The molecule has 0 spiro atoms. The van der Waals surface area contributed by atoms with Crippen molar-refractivity contribution in [3.05, 3.63) is 11.6 Å². The molecule has 14 heavy (non-hydrogen) atoms. The van der Waals surface area contributed by atoms with Gasteiger partial charge in [0, 0.05) is 17.8 Å². The summed E-state index contributed by atoms with van der Waals surface area (Å²) in [6, 6.07) is 1.26. The average Bonchev–Trinajstić information content (AvgIpc) is 2.03. The zero-order chi connectivity index (χ0) is 11.0. The second kappa shape index (κ2) is 8.37. The van der Waals surface area contributed by atoms with Crippen molar-refractivity contribution >= 4 is 11.8 Å². The number of nitrogens with one attached hydrogen (secondary N) is 1. The molecule has 0 bridgehead atoms. The molecule has 0 fully saturated rings. The van der Waals surface area contributed by atoms with Crippen LogP contribution in [0.4, 0.5) is 0 Å². The Labute approximate surface area is 93.7 Å². The van der Waals surface area contributed by atoms with Crippen molar-refractivity contribution in [2.24, 2.45) is 0 Å². The zero-order valence-electron chi connectivity index (χ0n) is 10.3. The summed E-state index contributed by atoms with van der Waals surface area (Å²) in [6.45, 7) is 8.85. The quantitative estimate of drug-likeness (QED) is 0.653. The summed E-state index contributed by atoms with van der Waals surface area (Å²) in [5.41, 5.74) is 1.43. The Kier molecular flexibility index (Phi) is 8.40. The van der Waals surface area contributed by atoms with Crippen LogP contribution in [0.5, 0.6) is 0 Å². The number of allylic oxidation sites excluding steroid dienone is 2. The topological polar surface area (TPSA) is 12.0 Å². The fourth-order valence-electron chi connectivity index (χ4n) is 1.49. The molecule has 0 saturated carbocycles. The van der Waals surface area contributed by atoms with Gasteiger partial charge in [0.05, 0.1) is 0 Å². The van der Waals surface area contributed by atoms with Gasteiger partial charge in [-0.15, -0.1) is 0 Å². The average molecular weight is 215 g/mol. The van der Waals surface area contributed by atoms with Crippen molar-refractivity contribution in [1.82, 2.24) is 5.32 Å². The summed E-state index contributed by atoms with van der Waals surface area (Å²) in [4.78, 5) is 0. The maximum absolute atomic E-state index is 3.60. The molecule has 0 aliphatic heterocycles. The Morgan fingerprint density at radius 3 is 2.43 bits per heavy atom. The second-order valence-electron chi connectivity index (χ2n) is 4.28. The largest absolute Gasteiger partial charge is 0.311 e. The van der Waals surface area contributed by atoms with E-state index in [1.54, 1.807) is 0 Å². The third kappa shape index (κ3) is 8.64. The monoisotopic (exact) mass is 215 g/mol. The van der Waals surface area contributed by atoms with Gasteiger partial charge in [0.2, 0.25) is 0 Å². The third-order valence-electron chi connectivity index (χ3n) is 2.14. The molecule has 0 rings (SSSR count). The maximum atomic E-state index is 3.60. The molecule has 0 aromatic rings. The Hall–Kier alpha value is 0.0500. The maximum Gasteiger partial charge on any atom is 0.0132 e. The number of rotatable bonds is 7.